The molecular formula is C24H21NO5. The predicted molar refractivity (Wildman–Crippen MR) is 111 cm³/mol. The minimum absolute atomic E-state index is 0.123. The Balaban J connectivity index is 1.72. The molecule has 0 N–H and O–H groups in total. The number of para-hydroxylation sites is 1. The van der Waals surface area contributed by atoms with Crippen molar-refractivity contribution in [3.05, 3.63) is 90.0 Å². The maximum atomic E-state index is 13.3. The number of nitrogens with zero attached hydrogens (tertiary/aromatic N) is 1. The molecule has 4 rings (SSSR count). The lowest BCUT2D eigenvalue weighted by atomic mass is 10.0. The van der Waals surface area contributed by atoms with Crippen molar-refractivity contribution < 1.29 is 23.8 Å². The van der Waals surface area contributed by atoms with Gasteiger partial charge >= 0.3 is 5.97 Å². The second kappa shape index (κ2) is 8.69. The standard InChI is InChI=1S/C24H21NO5/c1-2-25(23(26)17-9-5-3-6-10-17)22(24(27)30-19-11-7-4-8-12-19)18-13-14-20-21(15-18)29-16-28-20/h3-15,22H,2,16H2,1H3. The lowest BCUT2D eigenvalue weighted by molar-refractivity contribution is -0.139. The summed E-state index contributed by atoms with van der Waals surface area (Å²) < 4.78 is 16.5. The number of carbonyl (C=O) groups excluding carboxylic acids is 2. The van der Waals surface area contributed by atoms with Gasteiger partial charge in [-0.3, -0.25) is 4.79 Å². The maximum Gasteiger partial charge on any atom is 0.338 e. The van der Waals surface area contributed by atoms with Gasteiger partial charge in [0.1, 0.15) is 5.75 Å². The Morgan fingerprint density at radius 2 is 1.60 bits per heavy atom. The molecule has 1 heterocycles. The highest BCUT2D eigenvalue weighted by Crippen LogP contribution is 2.36. The van der Waals surface area contributed by atoms with E-state index in [1.165, 1.54) is 4.90 Å². The van der Waals surface area contributed by atoms with Crippen molar-refractivity contribution in [3.8, 4) is 17.2 Å². The number of ether oxygens (including phenoxy) is 3. The van der Waals surface area contributed by atoms with E-state index in [-0.39, 0.29) is 12.7 Å². The highest BCUT2D eigenvalue weighted by atomic mass is 16.7. The largest absolute Gasteiger partial charge is 0.454 e. The maximum absolute atomic E-state index is 13.3. The first kappa shape index (κ1) is 19.5. The Labute approximate surface area is 174 Å². The van der Waals surface area contributed by atoms with E-state index in [9.17, 15) is 9.59 Å². The lowest BCUT2D eigenvalue weighted by Gasteiger charge is -2.29. The van der Waals surface area contributed by atoms with Crippen LogP contribution in [0.1, 0.15) is 28.9 Å². The quantitative estimate of drug-likeness (QED) is 0.455. The highest BCUT2D eigenvalue weighted by Gasteiger charge is 2.34. The molecule has 6 heteroatoms. The zero-order valence-corrected chi connectivity index (χ0v) is 16.5. The van der Waals surface area contributed by atoms with E-state index in [1.807, 2.05) is 19.1 Å². The minimum Gasteiger partial charge on any atom is -0.454 e. The molecule has 0 spiro atoms. The monoisotopic (exact) mass is 403 g/mol. The van der Waals surface area contributed by atoms with E-state index >= 15 is 0 Å². The zero-order chi connectivity index (χ0) is 20.9. The molecule has 1 amide bonds. The van der Waals surface area contributed by atoms with Gasteiger partial charge < -0.3 is 19.1 Å². The van der Waals surface area contributed by atoms with Gasteiger partial charge in [-0.25, -0.2) is 4.79 Å². The van der Waals surface area contributed by atoms with Crippen LogP contribution in [0.3, 0.4) is 0 Å². The van der Waals surface area contributed by atoms with Crippen LogP contribution < -0.4 is 14.2 Å². The Morgan fingerprint density at radius 3 is 2.30 bits per heavy atom. The zero-order valence-electron chi connectivity index (χ0n) is 16.5. The summed E-state index contributed by atoms with van der Waals surface area (Å²) in [7, 11) is 0. The summed E-state index contributed by atoms with van der Waals surface area (Å²) in [5.41, 5.74) is 1.09. The smallest absolute Gasteiger partial charge is 0.338 e. The number of rotatable bonds is 6. The molecule has 30 heavy (non-hydrogen) atoms. The Bertz CT molecular complexity index is 1040. The first-order valence-electron chi connectivity index (χ1n) is 9.69. The van der Waals surface area contributed by atoms with Crippen LogP contribution in [0.25, 0.3) is 0 Å². The van der Waals surface area contributed by atoms with E-state index in [1.54, 1.807) is 66.7 Å². The molecule has 0 fully saturated rings. The number of hydrogen-bond donors (Lipinski definition) is 0. The Kier molecular flexibility index (Phi) is 5.66. The topological polar surface area (TPSA) is 65.1 Å². The fraction of sp³-hybridized carbons (Fsp3) is 0.167. The van der Waals surface area contributed by atoms with Gasteiger partial charge in [0.2, 0.25) is 6.79 Å². The van der Waals surface area contributed by atoms with Crippen molar-refractivity contribution in [1.29, 1.82) is 0 Å². The van der Waals surface area contributed by atoms with Gasteiger partial charge in [-0.15, -0.1) is 0 Å². The second-order valence-electron chi connectivity index (χ2n) is 6.71. The molecule has 3 aromatic rings. The van der Waals surface area contributed by atoms with Crippen LogP contribution >= 0.6 is 0 Å². The number of hydrogen-bond acceptors (Lipinski definition) is 5. The molecule has 0 aliphatic carbocycles. The lowest BCUT2D eigenvalue weighted by Crippen LogP contribution is -2.40. The fourth-order valence-electron chi connectivity index (χ4n) is 3.38. The van der Waals surface area contributed by atoms with Crippen molar-refractivity contribution in [1.82, 2.24) is 4.90 Å². The van der Waals surface area contributed by atoms with Gasteiger partial charge in [0, 0.05) is 12.1 Å². The molecule has 152 valence electrons. The number of fused-ring (bicyclic) bond motifs is 1. The van der Waals surface area contributed by atoms with Crippen LogP contribution in [0, 0.1) is 0 Å². The highest BCUT2D eigenvalue weighted by molar-refractivity contribution is 5.97. The summed E-state index contributed by atoms with van der Waals surface area (Å²) >= 11 is 0. The number of amides is 1. The Hall–Kier alpha value is -3.80. The molecular weight excluding hydrogens is 382 g/mol. The summed E-state index contributed by atoms with van der Waals surface area (Å²) in [5, 5.41) is 0. The third-order valence-corrected chi connectivity index (χ3v) is 4.83. The van der Waals surface area contributed by atoms with Crippen molar-refractivity contribution >= 4 is 11.9 Å². The van der Waals surface area contributed by atoms with Crippen LogP contribution in [-0.2, 0) is 4.79 Å². The normalized spacial score (nSPS) is 12.8. The van der Waals surface area contributed by atoms with Crippen LogP contribution in [0.4, 0.5) is 0 Å². The third-order valence-electron chi connectivity index (χ3n) is 4.83. The number of benzene rings is 3. The first-order valence-corrected chi connectivity index (χ1v) is 9.69. The predicted octanol–water partition coefficient (Wildman–Crippen LogP) is 4.22. The molecule has 1 unspecified atom stereocenters. The molecule has 1 aliphatic heterocycles. The van der Waals surface area contributed by atoms with Crippen molar-refractivity contribution in [3.63, 3.8) is 0 Å². The summed E-state index contributed by atoms with van der Waals surface area (Å²) in [6, 6.07) is 21.9. The number of carbonyl (C=O) groups is 2. The summed E-state index contributed by atoms with van der Waals surface area (Å²) in [6.45, 7) is 2.27. The van der Waals surface area contributed by atoms with Gasteiger partial charge in [-0.05, 0) is 48.9 Å². The summed E-state index contributed by atoms with van der Waals surface area (Å²) in [4.78, 5) is 28.0. The van der Waals surface area contributed by atoms with E-state index in [4.69, 9.17) is 14.2 Å². The van der Waals surface area contributed by atoms with Crippen molar-refractivity contribution in [2.45, 2.75) is 13.0 Å². The van der Waals surface area contributed by atoms with Crippen LogP contribution in [0.2, 0.25) is 0 Å². The molecule has 0 radical (unpaired) electrons. The Morgan fingerprint density at radius 1 is 0.933 bits per heavy atom. The molecule has 0 bridgehead atoms. The first-order chi connectivity index (χ1) is 14.7. The fourth-order valence-corrected chi connectivity index (χ4v) is 3.38. The molecule has 1 atom stereocenters. The SMILES string of the molecule is CCN(C(=O)c1ccccc1)C(C(=O)Oc1ccccc1)c1ccc2c(c1)OCO2. The minimum atomic E-state index is -0.947. The molecule has 0 aromatic heterocycles. The summed E-state index contributed by atoms with van der Waals surface area (Å²) in [6.07, 6.45) is 0. The molecule has 1 aliphatic rings. The molecule has 6 nitrogen and oxygen atoms in total. The molecule has 3 aromatic carbocycles. The van der Waals surface area contributed by atoms with Gasteiger partial charge in [0.15, 0.2) is 17.5 Å². The average molecular weight is 403 g/mol. The molecule has 0 saturated heterocycles. The van der Waals surface area contributed by atoms with Crippen molar-refractivity contribution in [2.75, 3.05) is 13.3 Å². The average Bonchev–Trinajstić information content (AvgIpc) is 3.26. The van der Waals surface area contributed by atoms with E-state index in [2.05, 4.69) is 0 Å². The summed E-state index contributed by atoms with van der Waals surface area (Å²) in [5.74, 6) is 0.744. The number of esters is 1. The van der Waals surface area contributed by atoms with Gasteiger partial charge in [0.05, 0.1) is 0 Å². The second-order valence-corrected chi connectivity index (χ2v) is 6.71. The third kappa shape index (κ3) is 3.98. The number of likely N-dealkylation sites (N-methyl/N-ethyl adjacent to an activating group) is 1. The van der Waals surface area contributed by atoms with Crippen LogP contribution in [0.5, 0.6) is 17.2 Å². The van der Waals surface area contributed by atoms with E-state index in [0.717, 1.165) is 0 Å². The van der Waals surface area contributed by atoms with Gasteiger partial charge in [-0.2, -0.15) is 0 Å². The van der Waals surface area contributed by atoms with Crippen LogP contribution in [0.15, 0.2) is 78.9 Å². The van der Waals surface area contributed by atoms with Crippen LogP contribution in [-0.4, -0.2) is 30.1 Å². The van der Waals surface area contributed by atoms with E-state index < -0.39 is 12.0 Å². The van der Waals surface area contributed by atoms with Gasteiger partial charge in [-0.1, -0.05) is 42.5 Å². The van der Waals surface area contributed by atoms with Gasteiger partial charge in [0.25, 0.3) is 5.91 Å². The van der Waals surface area contributed by atoms with Crippen molar-refractivity contribution in [2.24, 2.45) is 0 Å². The molecule has 0 saturated carbocycles. The van der Waals surface area contributed by atoms with E-state index in [0.29, 0.717) is 34.9 Å².